The molecule has 0 aliphatic heterocycles. The van der Waals surface area contributed by atoms with E-state index < -0.39 is 0 Å². The smallest absolute Gasteiger partial charge is 0.309 e. The van der Waals surface area contributed by atoms with Gasteiger partial charge in [0.15, 0.2) is 0 Å². The molecule has 1 unspecified atom stereocenters. The van der Waals surface area contributed by atoms with Crippen molar-refractivity contribution in [1.82, 2.24) is 15.0 Å². The number of ether oxygens (including phenoxy) is 1. The summed E-state index contributed by atoms with van der Waals surface area (Å²) in [5.41, 5.74) is 3.62. The zero-order valence-corrected chi connectivity index (χ0v) is 14.2. The summed E-state index contributed by atoms with van der Waals surface area (Å²) in [7, 11) is 1.39. The maximum Gasteiger partial charge on any atom is 0.309 e. The average molecular weight is 336 g/mol. The predicted octanol–water partition coefficient (Wildman–Crippen LogP) is 3.16. The third kappa shape index (κ3) is 4.23. The van der Waals surface area contributed by atoms with Crippen LogP contribution in [0.2, 0.25) is 0 Å². The topological polar surface area (TPSA) is 69.0 Å². The molecule has 0 amide bonds. The molecule has 25 heavy (non-hydrogen) atoms. The Bertz CT molecular complexity index is 845. The van der Waals surface area contributed by atoms with Gasteiger partial charge < -0.3 is 10.1 Å². The van der Waals surface area contributed by atoms with Gasteiger partial charge in [0.25, 0.3) is 0 Å². The van der Waals surface area contributed by atoms with Gasteiger partial charge in [-0.2, -0.15) is 0 Å². The molecule has 3 aromatic rings. The van der Waals surface area contributed by atoms with Crippen molar-refractivity contribution in [2.24, 2.45) is 0 Å². The molecule has 128 valence electrons. The highest BCUT2D eigenvalue weighted by molar-refractivity contribution is 5.72. The highest BCUT2D eigenvalue weighted by Crippen LogP contribution is 2.19. The average Bonchev–Trinajstić information content (AvgIpc) is 3.13. The zero-order chi connectivity index (χ0) is 17.6. The number of hydrogen-bond acceptors (Lipinski definition) is 5. The molecule has 0 bridgehead atoms. The van der Waals surface area contributed by atoms with Crippen molar-refractivity contribution < 1.29 is 9.53 Å². The maximum atomic E-state index is 11.4. The Morgan fingerprint density at radius 3 is 2.76 bits per heavy atom. The monoisotopic (exact) mass is 336 g/mol. The van der Waals surface area contributed by atoms with E-state index in [-0.39, 0.29) is 18.4 Å². The lowest BCUT2D eigenvalue weighted by Crippen LogP contribution is -2.08. The number of rotatable bonds is 6. The Balaban J connectivity index is 1.70. The van der Waals surface area contributed by atoms with Crippen molar-refractivity contribution >= 4 is 11.7 Å². The van der Waals surface area contributed by atoms with Gasteiger partial charge in [0, 0.05) is 5.69 Å². The van der Waals surface area contributed by atoms with Gasteiger partial charge in [-0.15, -0.1) is 5.10 Å². The van der Waals surface area contributed by atoms with Gasteiger partial charge in [0.05, 0.1) is 31.5 Å². The van der Waals surface area contributed by atoms with Crippen molar-refractivity contribution in [3.05, 3.63) is 72.1 Å². The van der Waals surface area contributed by atoms with Crippen LogP contribution >= 0.6 is 0 Å². The number of nitrogens with zero attached hydrogens (tertiary/aromatic N) is 3. The first kappa shape index (κ1) is 16.7. The fraction of sp³-hybridized carbons (Fsp3) is 0.211. The molecule has 0 saturated carbocycles. The number of anilines is 1. The first-order valence-electron chi connectivity index (χ1n) is 8.05. The standard InChI is InChI=1S/C19H20N4O2/c1-14(18-13-23(22-21-18)17-9-4-3-5-10-17)20-16-8-6-7-15(11-16)12-19(24)25-2/h3-11,13-14,20H,12H2,1-2H3. The van der Waals surface area contributed by atoms with Crippen molar-refractivity contribution in [3.63, 3.8) is 0 Å². The van der Waals surface area contributed by atoms with Gasteiger partial charge in [-0.05, 0) is 36.8 Å². The van der Waals surface area contributed by atoms with Crippen LogP contribution < -0.4 is 5.32 Å². The summed E-state index contributed by atoms with van der Waals surface area (Å²) in [4.78, 5) is 11.4. The molecule has 0 spiro atoms. The summed E-state index contributed by atoms with van der Waals surface area (Å²) in [5.74, 6) is -0.254. The summed E-state index contributed by atoms with van der Waals surface area (Å²) in [6.45, 7) is 2.02. The SMILES string of the molecule is COC(=O)Cc1cccc(NC(C)c2cn(-c3ccccc3)nn2)c1. The number of nitrogens with one attached hydrogen (secondary N) is 1. The normalized spacial score (nSPS) is 11.8. The van der Waals surface area contributed by atoms with Crippen molar-refractivity contribution in [3.8, 4) is 5.69 Å². The number of aromatic nitrogens is 3. The number of carbonyl (C=O) groups excluding carboxylic acids is 1. The molecular weight excluding hydrogens is 316 g/mol. The lowest BCUT2D eigenvalue weighted by Gasteiger charge is -2.13. The Kier molecular flexibility index (Phi) is 5.09. The van der Waals surface area contributed by atoms with E-state index in [1.54, 1.807) is 4.68 Å². The molecule has 2 aromatic carbocycles. The molecule has 6 heteroatoms. The van der Waals surface area contributed by atoms with E-state index in [2.05, 4.69) is 15.6 Å². The fourth-order valence-corrected chi connectivity index (χ4v) is 2.52. The maximum absolute atomic E-state index is 11.4. The minimum Gasteiger partial charge on any atom is -0.469 e. The van der Waals surface area contributed by atoms with Crippen LogP contribution in [-0.2, 0) is 16.0 Å². The van der Waals surface area contributed by atoms with Gasteiger partial charge in [0.2, 0.25) is 0 Å². The number of benzene rings is 2. The molecule has 1 heterocycles. The molecule has 0 aliphatic carbocycles. The summed E-state index contributed by atoms with van der Waals surface area (Å²) in [6.07, 6.45) is 2.16. The third-order valence-electron chi connectivity index (χ3n) is 3.86. The summed E-state index contributed by atoms with van der Waals surface area (Å²) < 4.78 is 6.46. The van der Waals surface area contributed by atoms with Crippen LogP contribution in [0.25, 0.3) is 5.69 Å². The number of carbonyl (C=O) groups is 1. The fourth-order valence-electron chi connectivity index (χ4n) is 2.52. The summed E-state index contributed by atoms with van der Waals surface area (Å²) in [6, 6.07) is 17.5. The van der Waals surface area contributed by atoms with Gasteiger partial charge in [-0.1, -0.05) is 35.5 Å². The Morgan fingerprint density at radius 1 is 1.20 bits per heavy atom. The third-order valence-corrected chi connectivity index (χ3v) is 3.86. The van der Waals surface area contributed by atoms with Crippen LogP contribution in [0.3, 0.4) is 0 Å². The number of para-hydroxylation sites is 1. The Morgan fingerprint density at radius 2 is 2.00 bits per heavy atom. The van der Waals surface area contributed by atoms with E-state index in [0.717, 1.165) is 22.6 Å². The number of hydrogen-bond donors (Lipinski definition) is 1. The molecule has 1 atom stereocenters. The van der Waals surface area contributed by atoms with E-state index in [0.29, 0.717) is 0 Å². The van der Waals surface area contributed by atoms with E-state index in [4.69, 9.17) is 4.74 Å². The van der Waals surface area contributed by atoms with Gasteiger partial charge >= 0.3 is 5.97 Å². The minimum absolute atomic E-state index is 0.0224. The van der Waals surface area contributed by atoms with Crippen LogP contribution in [0.5, 0.6) is 0 Å². The quantitative estimate of drug-likeness (QED) is 0.700. The summed E-state index contributed by atoms with van der Waals surface area (Å²) >= 11 is 0. The van der Waals surface area contributed by atoms with Crippen LogP contribution in [0.1, 0.15) is 24.2 Å². The van der Waals surface area contributed by atoms with Crippen LogP contribution in [0.15, 0.2) is 60.8 Å². The molecule has 0 saturated heterocycles. The lowest BCUT2D eigenvalue weighted by molar-refractivity contribution is -0.139. The Labute approximate surface area is 146 Å². The molecule has 0 radical (unpaired) electrons. The lowest BCUT2D eigenvalue weighted by atomic mass is 10.1. The van der Waals surface area contributed by atoms with E-state index >= 15 is 0 Å². The van der Waals surface area contributed by atoms with Crippen LogP contribution in [-0.4, -0.2) is 28.1 Å². The van der Waals surface area contributed by atoms with E-state index in [9.17, 15) is 4.79 Å². The van der Waals surface area contributed by atoms with Crippen molar-refractivity contribution in [1.29, 1.82) is 0 Å². The number of methoxy groups -OCH3 is 1. The summed E-state index contributed by atoms with van der Waals surface area (Å²) in [5, 5.41) is 11.8. The molecular formula is C19H20N4O2. The first-order valence-corrected chi connectivity index (χ1v) is 8.05. The second-order valence-corrected chi connectivity index (χ2v) is 5.74. The highest BCUT2D eigenvalue weighted by Gasteiger charge is 2.11. The van der Waals surface area contributed by atoms with Crippen LogP contribution in [0.4, 0.5) is 5.69 Å². The number of esters is 1. The van der Waals surface area contributed by atoms with Crippen LogP contribution in [0, 0.1) is 0 Å². The molecule has 1 N–H and O–H groups in total. The second-order valence-electron chi connectivity index (χ2n) is 5.74. The molecule has 0 aliphatic rings. The molecule has 1 aromatic heterocycles. The molecule has 6 nitrogen and oxygen atoms in total. The van der Waals surface area contributed by atoms with Gasteiger partial charge in [-0.3, -0.25) is 4.79 Å². The van der Waals surface area contributed by atoms with Crippen molar-refractivity contribution in [2.75, 3.05) is 12.4 Å². The molecule has 0 fully saturated rings. The largest absolute Gasteiger partial charge is 0.469 e. The first-order chi connectivity index (χ1) is 12.2. The highest BCUT2D eigenvalue weighted by atomic mass is 16.5. The zero-order valence-electron chi connectivity index (χ0n) is 14.2. The Hall–Kier alpha value is -3.15. The second kappa shape index (κ2) is 7.61. The van der Waals surface area contributed by atoms with Crippen molar-refractivity contribution in [2.45, 2.75) is 19.4 Å². The van der Waals surface area contributed by atoms with E-state index in [1.807, 2.05) is 67.7 Å². The van der Waals surface area contributed by atoms with E-state index in [1.165, 1.54) is 7.11 Å². The van der Waals surface area contributed by atoms with Gasteiger partial charge in [0.1, 0.15) is 5.69 Å². The van der Waals surface area contributed by atoms with Gasteiger partial charge in [-0.25, -0.2) is 4.68 Å². The predicted molar refractivity (Wildman–Crippen MR) is 95.6 cm³/mol. The molecule has 3 rings (SSSR count). The minimum atomic E-state index is -0.254.